The van der Waals surface area contributed by atoms with Gasteiger partial charge in [-0.1, -0.05) is 42.5 Å². The minimum atomic E-state index is -0.204. The van der Waals surface area contributed by atoms with E-state index in [0.717, 1.165) is 18.0 Å². The topological polar surface area (TPSA) is 21.7 Å². The molecule has 1 atom stereocenters. The summed E-state index contributed by atoms with van der Waals surface area (Å²) >= 11 is 0. The summed E-state index contributed by atoms with van der Waals surface area (Å²) in [5.74, 6) is 0.944. The van der Waals surface area contributed by atoms with Crippen LogP contribution in [0.15, 0.2) is 66.9 Å². The lowest BCUT2D eigenvalue weighted by molar-refractivity contribution is 0.155. The maximum atomic E-state index is 5.96. The highest BCUT2D eigenvalue weighted by molar-refractivity contribution is 5.63. The summed E-state index contributed by atoms with van der Waals surface area (Å²) in [5.41, 5.74) is 2.21. The molecule has 3 heteroatoms. The summed E-state index contributed by atoms with van der Waals surface area (Å²) < 4.78 is 11.5. The average molecular weight is 279 g/mol. The number of fused-ring (bicyclic) bond motifs is 1. The molecule has 2 aromatic carbocycles. The van der Waals surface area contributed by atoms with Crippen LogP contribution in [0.25, 0.3) is 0 Å². The Bertz CT molecular complexity index is 668. The third-order valence-corrected chi connectivity index (χ3v) is 4.16. The van der Waals surface area contributed by atoms with Gasteiger partial charge in [0, 0.05) is 6.54 Å². The number of benzene rings is 2. The van der Waals surface area contributed by atoms with Crippen LogP contribution in [-0.2, 0) is 11.3 Å². The minimum absolute atomic E-state index is 0.204. The zero-order chi connectivity index (χ0) is 14.1. The van der Waals surface area contributed by atoms with Crippen molar-refractivity contribution in [3.63, 3.8) is 0 Å². The van der Waals surface area contributed by atoms with Crippen LogP contribution in [0.5, 0.6) is 5.75 Å². The first kappa shape index (κ1) is 12.3. The highest BCUT2D eigenvalue weighted by Crippen LogP contribution is 2.41. The molecule has 3 nitrogen and oxygen atoms in total. The van der Waals surface area contributed by atoms with Crippen LogP contribution in [-0.4, -0.2) is 18.8 Å². The molecule has 106 valence electrons. The first-order valence-corrected chi connectivity index (χ1v) is 7.20. The number of hydrogen-bond donors (Lipinski definition) is 0. The molecule has 0 amide bonds. The first-order valence-electron chi connectivity index (χ1n) is 7.20. The number of rotatable bonds is 2. The summed E-state index contributed by atoms with van der Waals surface area (Å²) in [4.78, 5) is 2.39. The molecule has 2 aliphatic heterocycles. The van der Waals surface area contributed by atoms with E-state index in [0.29, 0.717) is 13.2 Å². The third-order valence-electron chi connectivity index (χ3n) is 4.16. The molecule has 1 spiro atoms. The van der Waals surface area contributed by atoms with Gasteiger partial charge in [-0.2, -0.15) is 0 Å². The normalized spacial score (nSPS) is 22.8. The van der Waals surface area contributed by atoms with Crippen molar-refractivity contribution in [2.24, 2.45) is 0 Å². The molecule has 21 heavy (non-hydrogen) atoms. The SMILES string of the molecule is C1=CC2(CO1)COc1ccccc1N2Cc1ccccc1. The predicted octanol–water partition coefficient (Wildman–Crippen LogP) is 3.37. The van der Waals surface area contributed by atoms with E-state index in [1.54, 1.807) is 6.26 Å². The number of ether oxygens (including phenoxy) is 2. The Balaban J connectivity index is 1.77. The Kier molecular flexibility index (Phi) is 2.85. The van der Waals surface area contributed by atoms with Gasteiger partial charge >= 0.3 is 0 Å². The van der Waals surface area contributed by atoms with Gasteiger partial charge in [0.25, 0.3) is 0 Å². The molecule has 0 radical (unpaired) electrons. The molecule has 0 saturated heterocycles. The minimum Gasteiger partial charge on any atom is -0.498 e. The van der Waals surface area contributed by atoms with Crippen LogP contribution in [0.2, 0.25) is 0 Å². The van der Waals surface area contributed by atoms with Crippen molar-refractivity contribution in [1.82, 2.24) is 0 Å². The lowest BCUT2D eigenvalue weighted by atomic mass is 9.96. The second-order valence-electron chi connectivity index (χ2n) is 5.55. The molecule has 0 saturated carbocycles. The number of para-hydroxylation sites is 2. The lowest BCUT2D eigenvalue weighted by Gasteiger charge is -2.44. The fourth-order valence-corrected chi connectivity index (χ4v) is 3.00. The van der Waals surface area contributed by atoms with Gasteiger partial charge in [0.05, 0.1) is 11.9 Å². The van der Waals surface area contributed by atoms with Gasteiger partial charge in [0.2, 0.25) is 0 Å². The van der Waals surface area contributed by atoms with Gasteiger partial charge in [0.1, 0.15) is 24.5 Å². The summed E-state index contributed by atoms with van der Waals surface area (Å²) in [6.45, 7) is 2.09. The van der Waals surface area contributed by atoms with E-state index < -0.39 is 0 Å². The van der Waals surface area contributed by atoms with Crippen LogP contribution in [0.1, 0.15) is 5.56 Å². The molecule has 0 aromatic heterocycles. The predicted molar refractivity (Wildman–Crippen MR) is 82.4 cm³/mol. The number of anilines is 1. The quantitative estimate of drug-likeness (QED) is 0.841. The fourth-order valence-electron chi connectivity index (χ4n) is 3.00. The van der Waals surface area contributed by atoms with Crippen molar-refractivity contribution < 1.29 is 9.47 Å². The van der Waals surface area contributed by atoms with Crippen molar-refractivity contribution in [3.05, 3.63) is 72.5 Å². The van der Waals surface area contributed by atoms with Crippen LogP contribution in [0.4, 0.5) is 5.69 Å². The van der Waals surface area contributed by atoms with Gasteiger partial charge < -0.3 is 14.4 Å². The standard InChI is InChI=1S/C18H17NO2/c1-2-6-15(7-3-1)12-19-16-8-4-5-9-17(16)21-14-18(19)10-11-20-13-18/h1-11H,12-14H2. The molecule has 4 rings (SSSR count). The molecule has 0 N–H and O–H groups in total. The van der Waals surface area contributed by atoms with E-state index >= 15 is 0 Å². The van der Waals surface area contributed by atoms with E-state index in [1.807, 2.05) is 18.2 Å². The second-order valence-corrected chi connectivity index (χ2v) is 5.55. The highest BCUT2D eigenvalue weighted by Gasteiger charge is 2.43. The smallest absolute Gasteiger partial charge is 0.142 e. The maximum absolute atomic E-state index is 5.96. The van der Waals surface area contributed by atoms with Crippen LogP contribution < -0.4 is 9.64 Å². The Morgan fingerprint density at radius 2 is 1.76 bits per heavy atom. The Hall–Kier alpha value is -2.42. The molecule has 0 bridgehead atoms. The first-order chi connectivity index (χ1) is 10.4. The van der Waals surface area contributed by atoms with E-state index in [-0.39, 0.29) is 5.54 Å². The van der Waals surface area contributed by atoms with Gasteiger partial charge in [-0.15, -0.1) is 0 Å². The van der Waals surface area contributed by atoms with Crippen molar-refractivity contribution in [2.45, 2.75) is 12.1 Å². The van der Waals surface area contributed by atoms with Crippen LogP contribution in [0, 0.1) is 0 Å². The average Bonchev–Trinajstić information content (AvgIpc) is 3.01. The van der Waals surface area contributed by atoms with E-state index in [9.17, 15) is 0 Å². The van der Waals surface area contributed by atoms with Crippen molar-refractivity contribution in [1.29, 1.82) is 0 Å². The van der Waals surface area contributed by atoms with Gasteiger partial charge in [-0.3, -0.25) is 0 Å². The van der Waals surface area contributed by atoms with E-state index in [1.165, 1.54) is 5.56 Å². The van der Waals surface area contributed by atoms with Crippen LogP contribution in [0.3, 0.4) is 0 Å². The molecule has 2 aromatic rings. The number of hydrogen-bond acceptors (Lipinski definition) is 3. The lowest BCUT2D eigenvalue weighted by Crippen LogP contribution is -2.55. The zero-order valence-electron chi connectivity index (χ0n) is 11.7. The van der Waals surface area contributed by atoms with Gasteiger partial charge in [0.15, 0.2) is 0 Å². The largest absolute Gasteiger partial charge is 0.498 e. The third kappa shape index (κ3) is 2.05. The Labute approximate surface area is 124 Å². The molecule has 2 heterocycles. The highest BCUT2D eigenvalue weighted by atomic mass is 16.5. The molecule has 0 aliphatic carbocycles. The summed E-state index contributed by atoms with van der Waals surface area (Å²) in [7, 11) is 0. The summed E-state index contributed by atoms with van der Waals surface area (Å²) in [6, 6.07) is 18.7. The molecular weight excluding hydrogens is 262 g/mol. The zero-order valence-corrected chi connectivity index (χ0v) is 11.7. The van der Waals surface area contributed by atoms with Crippen molar-refractivity contribution in [2.75, 3.05) is 18.1 Å². The Morgan fingerprint density at radius 1 is 0.952 bits per heavy atom. The molecular formula is C18H17NO2. The summed E-state index contributed by atoms with van der Waals surface area (Å²) in [6.07, 6.45) is 3.90. The summed E-state index contributed by atoms with van der Waals surface area (Å²) in [5, 5.41) is 0. The van der Waals surface area contributed by atoms with E-state index in [2.05, 4.69) is 47.4 Å². The van der Waals surface area contributed by atoms with Crippen LogP contribution >= 0.6 is 0 Å². The van der Waals surface area contributed by atoms with Gasteiger partial charge in [-0.25, -0.2) is 0 Å². The van der Waals surface area contributed by atoms with Gasteiger partial charge in [-0.05, 0) is 23.8 Å². The maximum Gasteiger partial charge on any atom is 0.142 e. The van der Waals surface area contributed by atoms with Crippen molar-refractivity contribution >= 4 is 5.69 Å². The Morgan fingerprint density at radius 3 is 2.57 bits per heavy atom. The van der Waals surface area contributed by atoms with E-state index in [4.69, 9.17) is 9.47 Å². The monoisotopic (exact) mass is 279 g/mol. The molecule has 2 aliphatic rings. The fraction of sp³-hybridized carbons (Fsp3) is 0.222. The second kappa shape index (κ2) is 4.85. The molecule has 1 unspecified atom stereocenters. The number of nitrogens with zero attached hydrogens (tertiary/aromatic N) is 1. The molecule has 0 fully saturated rings. The van der Waals surface area contributed by atoms with Crippen molar-refractivity contribution in [3.8, 4) is 5.75 Å².